The molecule has 0 atom stereocenters. The van der Waals surface area contributed by atoms with Crippen LogP contribution >= 0.6 is 0 Å². The Morgan fingerprint density at radius 1 is 0.365 bits per heavy atom. The summed E-state index contributed by atoms with van der Waals surface area (Å²) in [6.45, 7) is 9.30. The monoisotopic (exact) mass is 812 g/mol. The van der Waals surface area contributed by atoms with E-state index in [1.807, 2.05) is 60.7 Å². The summed E-state index contributed by atoms with van der Waals surface area (Å²) in [5.41, 5.74) is 16.6. The van der Waals surface area contributed by atoms with Gasteiger partial charge in [0.05, 0.1) is 0 Å². The van der Waals surface area contributed by atoms with Crippen molar-refractivity contribution >= 4 is 61.2 Å². The zero-order valence-electron chi connectivity index (χ0n) is 35.3. The molecule has 2 aliphatic rings. The van der Waals surface area contributed by atoms with Gasteiger partial charge in [0.25, 0.3) is 0 Å². The maximum atomic E-state index is 6.42. The zero-order valence-corrected chi connectivity index (χ0v) is 35.3. The Morgan fingerprint density at radius 2 is 0.762 bits per heavy atom. The molecule has 0 radical (unpaired) electrons. The van der Waals surface area contributed by atoms with Crippen LogP contribution in [0.25, 0.3) is 88.9 Å². The minimum Gasteiger partial charge on any atom is -0.456 e. The van der Waals surface area contributed by atoms with Crippen molar-refractivity contribution < 1.29 is 8.83 Å². The van der Waals surface area contributed by atoms with Crippen LogP contribution in [0.1, 0.15) is 49.9 Å². The number of para-hydroxylation sites is 2. The summed E-state index contributed by atoms with van der Waals surface area (Å²) in [5, 5.41) is 3.94. The SMILES string of the molecule is CC1(C)c2ccccc2-c2ccc(N(c3ccc4c(c3)C(C)(C)c3ccccc3-4)c3nc(-c4cccc5oc6ccccc6c45)nc(-c4cccc5oc6ccccc6c45)n3)cc21. The Morgan fingerprint density at radius 3 is 1.25 bits per heavy atom. The Labute approximate surface area is 364 Å². The lowest BCUT2D eigenvalue weighted by atomic mass is 9.82. The van der Waals surface area contributed by atoms with Gasteiger partial charge >= 0.3 is 0 Å². The van der Waals surface area contributed by atoms with Crippen LogP contribution in [0.4, 0.5) is 17.3 Å². The summed E-state index contributed by atoms with van der Waals surface area (Å²) in [6.07, 6.45) is 0. The van der Waals surface area contributed by atoms with E-state index < -0.39 is 0 Å². The van der Waals surface area contributed by atoms with E-state index in [0.29, 0.717) is 17.6 Å². The van der Waals surface area contributed by atoms with Crippen molar-refractivity contribution in [3.63, 3.8) is 0 Å². The fourth-order valence-corrected chi connectivity index (χ4v) is 10.7. The van der Waals surface area contributed by atoms with Crippen LogP contribution in [0.3, 0.4) is 0 Å². The maximum absolute atomic E-state index is 6.42. The van der Waals surface area contributed by atoms with Gasteiger partial charge in [0.1, 0.15) is 22.3 Å². The van der Waals surface area contributed by atoms with Crippen molar-refractivity contribution in [2.45, 2.75) is 38.5 Å². The van der Waals surface area contributed by atoms with E-state index >= 15 is 0 Å². The van der Waals surface area contributed by atoms with Gasteiger partial charge in [-0.3, -0.25) is 4.90 Å². The molecule has 0 unspecified atom stereocenters. The van der Waals surface area contributed by atoms with E-state index in [1.165, 1.54) is 44.5 Å². The lowest BCUT2D eigenvalue weighted by Gasteiger charge is -2.28. The van der Waals surface area contributed by atoms with Gasteiger partial charge in [0, 0.05) is 54.9 Å². The zero-order chi connectivity index (χ0) is 42.2. The Hall–Kier alpha value is -7.83. The first-order valence-electron chi connectivity index (χ1n) is 21.6. The normalized spacial score (nSPS) is 14.3. The quantitative estimate of drug-likeness (QED) is 0.172. The molecule has 63 heavy (non-hydrogen) atoms. The van der Waals surface area contributed by atoms with E-state index in [1.54, 1.807) is 0 Å². The molecule has 0 saturated heterocycles. The van der Waals surface area contributed by atoms with Gasteiger partial charge in [-0.15, -0.1) is 0 Å². The lowest BCUT2D eigenvalue weighted by Crippen LogP contribution is -2.19. The molecule has 0 aliphatic heterocycles. The van der Waals surface area contributed by atoms with Crippen molar-refractivity contribution in [2.75, 3.05) is 4.90 Å². The topological polar surface area (TPSA) is 68.2 Å². The molecule has 3 aromatic heterocycles. The highest BCUT2D eigenvalue weighted by atomic mass is 16.3. The predicted molar refractivity (Wildman–Crippen MR) is 255 cm³/mol. The largest absolute Gasteiger partial charge is 0.456 e. The maximum Gasteiger partial charge on any atom is 0.238 e. The van der Waals surface area contributed by atoms with Crippen molar-refractivity contribution in [1.29, 1.82) is 0 Å². The van der Waals surface area contributed by atoms with E-state index in [9.17, 15) is 0 Å². The van der Waals surface area contributed by atoms with E-state index in [2.05, 4.69) is 142 Å². The van der Waals surface area contributed by atoms with Gasteiger partial charge in [-0.25, -0.2) is 4.98 Å². The van der Waals surface area contributed by atoms with Gasteiger partial charge in [0.2, 0.25) is 5.95 Å². The van der Waals surface area contributed by atoms with E-state index in [-0.39, 0.29) is 10.8 Å². The van der Waals surface area contributed by atoms with Crippen LogP contribution in [0, 0.1) is 0 Å². The first kappa shape index (κ1) is 35.9. The van der Waals surface area contributed by atoms with Crippen molar-refractivity contribution in [3.8, 4) is 45.0 Å². The average molecular weight is 813 g/mol. The lowest BCUT2D eigenvalue weighted by molar-refractivity contribution is 0.660. The van der Waals surface area contributed by atoms with Crippen molar-refractivity contribution in [2.24, 2.45) is 0 Å². The van der Waals surface area contributed by atoms with Gasteiger partial charge < -0.3 is 8.83 Å². The molecule has 0 spiro atoms. The number of fused-ring (bicyclic) bond motifs is 12. The summed E-state index contributed by atoms with van der Waals surface area (Å²) in [7, 11) is 0. The highest BCUT2D eigenvalue weighted by Gasteiger charge is 2.38. The summed E-state index contributed by atoms with van der Waals surface area (Å²) >= 11 is 0. The standard InChI is InChI=1S/C57H40N4O2/c1-56(2)43-21-9-5-15-35(43)37-29-27-33(31-45(37)56)61(34-28-30-38-36-16-6-10-22-44(36)57(3,4)46(38)32-34)55-59-53(41-19-13-25-49-51(41)39-17-7-11-23-47(39)62-49)58-54(60-55)42-20-14-26-50-52(42)40-18-8-12-24-48(40)63-50/h5-32H,1-4H3. The first-order valence-corrected chi connectivity index (χ1v) is 21.6. The number of hydrogen-bond acceptors (Lipinski definition) is 6. The van der Waals surface area contributed by atoms with Crippen LogP contribution in [0.5, 0.6) is 0 Å². The molecule has 11 aromatic rings. The molecule has 0 bridgehead atoms. The number of furan rings is 2. The molecule has 3 heterocycles. The van der Waals surface area contributed by atoms with Gasteiger partial charge in [-0.05, 0) is 93.0 Å². The fourth-order valence-electron chi connectivity index (χ4n) is 10.7. The summed E-state index contributed by atoms with van der Waals surface area (Å²) in [4.78, 5) is 18.7. The number of benzene rings is 8. The minimum atomic E-state index is -0.222. The third kappa shape index (κ3) is 5.09. The smallest absolute Gasteiger partial charge is 0.238 e. The Bertz CT molecular complexity index is 3480. The number of rotatable bonds is 5. The number of anilines is 3. The second-order valence-corrected chi connectivity index (χ2v) is 18.0. The molecular weight excluding hydrogens is 773 g/mol. The van der Waals surface area contributed by atoms with E-state index in [4.69, 9.17) is 23.8 Å². The van der Waals surface area contributed by atoms with Crippen molar-refractivity contribution in [1.82, 2.24) is 15.0 Å². The second kappa shape index (κ2) is 12.8. The highest BCUT2D eigenvalue weighted by molar-refractivity contribution is 6.13. The van der Waals surface area contributed by atoms with Crippen LogP contribution in [0.15, 0.2) is 179 Å². The molecule has 300 valence electrons. The molecule has 2 aliphatic carbocycles. The molecule has 0 fully saturated rings. The first-order chi connectivity index (χ1) is 30.7. The molecule has 13 rings (SSSR count). The molecular formula is C57H40N4O2. The summed E-state index contributed by atoms with van der Waals surface area (Å²) in [5.74, 6) is 1.60. The highest BCUT2D eigenvalue weighted by Crippen LogP contribution is 2.53. The third-order valence-corrected chi connectivity index (χ3v) is 13.8. The molecule has 0 N–H and O–H groups in total. The van der Waals surface area contributed by atoms with Crippen LogP contribution < -0.4 is 4.90 Å². The molecule has 0 amide bonds. The van der Waals surface area contributed by atoms with Gasteiger partial charge in [0.15, 0.2) is 11.6 Å². The third-order valence-electron chi connectivity index (χ3n) is 13.8. The average Bonchev–Trinajstić information content (AvgIpc) is 4.02. The Kier molecular flexibility index (Phi) is 7.32. The van der Waals surface area contributed by atoms with Gasteiger partial charge in [-0.1, -0.05) is 149 Å². The summed E-state index contributed by atoms with van der Waals surface area (Å²) in [6, 6.07) is 59.8. The molecule has 8 aromatic carbocycles. The summed E-state index contributed by atoms with van der Waals surface area (Å²) < 4.78 is 12.8. The Balaban J connectivity index is 1.11. The van der Waals surface area contributed by atoms with Gasteiger partial charge in [-0.2, -0.15) is 9.97 Å². The van der Waals surface area contributed by atoms with Crippen LogP contribution in [0.2, 0.25) is 0 Å². The van der Waals surface area contributed by atoms with E-state index in [0.717, 1.165) is 66.4 Å². The predicted octanol–water partition coefficient (Wildman–Crippen LogP) is 15.1. The molecule has 0 saturated carbocycles. The number of hydrogen-bond donors (Lipinski definition) is 0. The van der Waals surface area contributed by atoms with Crippen LogP contribution in [-0.2, 0) is 10.8 Å². The number of aromatic nitrogens is 3. The van der Waals surface area contributed by atoms with Crippen molar-refractivity contribution in [3.05, 3.63) is 192 Å². The molecule has 6 heteroatoms. The fraction of sp³-hybridized carbons (Fsp3) is 0.105. The number of nitrogens with zero attached hydrogens (tertiary/aromatic N) is 4. The molecule has 6 nitrogen and oxygen atoms in total. The minimum absolute atomic E-state index is 0.222. The van der Waals surface area contributed by atoms with Crippen LogP contribution in [-0.4, -0.2) is 15.0 Å². The second-order valence-electron chi connectivity index (χ2n) is 18.0.